The normalized spacial score (nSPS) is 46.3. The van der Waals surface area contributed by atoms with Crippen LogP contribution in [0.1, 0.15) is 117 Å². The van der Waals surface area contributed by atoms with E-state index in [1.165, 1.54) is 63.4 Å². The fourth-order valence-electron chi connectivity index (χ4n) is 11.0. The van der Waals surface area contributed by atoms with E-state index in [1.807, 2.05) is 7.11 Å². The molecule has 0 amide bonds. The summed E-state index contributed by atoms with van der Waals surface area (Å²) in [7, 11) is 1.87. The number of benzene rings is 1. The summed E-state index contributed by atoms with van der Waals surface area (Å²) in [6, 6.07) is 8.45. The van der Waals surface area contributed by atoms with Gasteiger partial charge in [0, 0.05) is 19.6 Å². The highest BCUT2D eigenvalue weighted by atomic mass is 16.7. The van der Waals surface area contributed by atoms with E-state index < -0.39 is 5.79 Å². The molecule has 5 aliphatic rings. The first-order valence-corrected chi connectivity index (χ1v) is 16.1. The van der Waals surface area contributed by atoms with Gasteiger partial charge in [0.1, 0.15) is 5.75 Å². The second-order valence-corrected chi connectivity index (χ2v) is 15.2. The van der Waals surface area contributed by atoms with Gasteiger partial charge in [0.15, 0.2) is 0 Å². The number of para-hydroxylation sites is 1. The molecule has 3 heteroatoms. The largest absolute Gasteiger partial charge is 0.462 e. The molecule has 11 atom stereocenters. The highest BCUT2D eigenvalue weighted by Gasteiger charge is 2.65. The van der Waals surface area contributed by atoms with Crippen LogP contribution in [0.2, 0.25) is 0 Å². The third-order valence-electron chi connectivity index (χ3n) is 12.9. The third-order valence-corrected chi connectivity index (χ3v) is 12.9. The third kappa shape index (κ3) is 4.11. The van der Waals surface area contributed by atoms with E-state index in [4.69, 9.17) is 14.2 Å². The zero-order valence-electron chi connectivity index (χ0n) is 25.3. The first-order chi connectivity index (χ1) is 18.1. The predicted molar refractivity (Wildman–Crippen MR) is 154 cm³/mol. The highest BCUT2D eigenvalue weighted by Crippen LogP contribution is 2.69. The Morgan fingerprint density at radius 1 is 0.895 bits per heavy atom. The Hall–Kier alpha value is -1.06. The average molecular weight is 523 g/mol. The molecule has 0 aromatic heterocycles. The summed E-state index contributed by atoms with van der Waals surface area (Å²) >= 11 is 0. The zero-order chi connectivity index (χ0) is 26.9. The topological polar surface area (TPSA) is 27.7 Å². The lowest BCUT2D eigenvalue weighted by molar-refractivity contribution is -0.335. The zero-order valence-corrected chi connectivity index (χ0v) is 25.3. The molecule has 1 saturated heterocycles. The van der Waals surface area contributed by atoms with Gasteiger partial charge in [-0.2, -0.15) is 0 Å². The van der Waals surface area contributed by atoms with E-state index in [0.29, 0.717) is 5.41 Å². The Morgan fingerprint density at radius 3 is 2.42 bits per heavy atom. The molecule has 3 nitrogen and oxygen atoms in total. The first kappa shape index (κ1) is 27.1. The second kappa shape index (κ2) is 9.79. The van der Waals surface area contributed by atoms with Crippen LogP contribution in [0.15, 0.2) is 24.3 Å². The van der Waals surface area contributed by atoms with Crippen LogP contribution in [0, 0.1) is 52.3 Å². The first-order valence-electron chi connectivity index (χ1n) is 16.1. The summed E-state index contributed by atoms with van der Waals surface area (Å²) in [5, 5.41) is 0. The molecule has 3 aliphatic carbocycles. The number of ether oxygens (including phenoxy) is 3. The molecule has 0 N–H and O–H groups in total. The average Bonchev–Trinajstić information content (AvgIpc) is 3.23. The second-order valence-electron chi connectivity index (χ2n) is 15.2. The molecule has 0 radical (unpaired) electrons. The van der Waals surface area contributed by atoms with Crippen LogP contribution in [-0.2, 0) is 9.47 Å². The smallest absolute Gasteiger partial charge is 0.213 e. The molecule has 4 fully saturated rings. The summed E-state index contributed by atoms with van der Waals surface area (Å²) in [4.78, 5) is 0. The number of hydrogen-bond acceptors (Lipinski definition) is 3. The molecular weight excluding hydrogens is 468 g/mol. The van der Waals surface area contributed by atoms with E-state index in [-0.39, 0.29) is 23.5 Å². The molecule has 3 saturated carbocycles. The molecule has 212 valence electrons. The van der Waals surface area contributed by atoms with Crippen molar-refractivity contribution in [2.24, 2.45) is 52.3 Å². The van der Waals surface area contributed by atoms with Crippen molar-refractivity contribution in [1.82, 2.24) is 0 Å². The van der Waals surface area contributed by atoms with Gasteiger partial charge in [0.05, 0.1) is 18.1 Å². The lowest BCUT2D eigenvalue weighted by atomic mass is 9.46. The van der Waals surface area contributed by atoms with Gasteiger partial charge in [-0.15, -0.1) is 0 Å². The minimum Gasteiger partial charge on any atom is -0.462 e. The molecule has 38 heavy (non-hydrogen) atoms. The maximum atomic E-state index is 7.08. The van der Waals surface area contributed by atoms with Crippen LogP contribution < -0.4 is 4.74 Å². The van der Waals surface area contributed by atoms with Crippen molar-refractivity contribution in [3.8, 4) is 5.75 Å². The van der Waals surface area contributed by atoms with Crippen LogP contribution in [0.5, 0.6) is 5.75 Å². The maximum Gasteiger partial charge on any atom is 0.213 e. The molecule has 1 aromatic carbocycles. The van der Waals surface area contributed by atoms with Gasteiger partial charge in [-0.1, -0.05) is 72.1 Å². The standard InChI is InChI=1S/C35H54O3/c1-22(2)11-10-12-23(3)26-16-17-27-24-15-18-31-34(5,28(24)19-20-33(26,27)4)21-29-32(36-7)25-13-8-9-14-30(25)37-35(29,6)38-31/h8-9,13-14,22-24,26-29,31-32H,10-12,15-21H2,1-7H3/t23-,24+,26-,27+,28+,29-,31+,32+,33-,34-,35-/m1/s1. The minimum atomic E-state index is -0.612. The van der Waals surface area contributed by atoms with Crippen LogP contribution in [0.4, 0.5) is 0 Å². The van der Waals surface area contributed by atoms with Gasteiger partial charge in [0.25, 0.3) is 0 Å². The van der Waals surface area contributed by atoms with Gasteiger partial charge in [-0.05, 0) is 97.3 Å². The Balaban J connectivity index is 1.23. The van der Waals surface area contributed by atoms with Crippen LogP contribution >= 0.6 is 0 Å². The van der Waals surface area contributed by atoms with E-state index >= 15 is 0 Å². The SMILES string of the molecule is CO[C@H]1c2ccccc2O[C@]2(C)O[C@H]3CC[C@@H]4[C@H](CC[C@]5(C)[C@@H]([C@H](C)CCCC(C)C)CC[C@@H]45)[C@@]3(C)C[C@H]12. The Bertz CT molecular complexity index is 1000. The van der Waals surface area contributed by atoms with E-state index in [1.54, 1.807) is 0 Å². The molecule has 0 bridgehead atoms. The summed E-state index contributed by atoms with van der Waals surface area (Å²) in [5.74, 6) is 5.66. The number of fused-ring (bicyclic) bond motifs is 7. The van der Waals surface area contributed by atoms with Gasteiger partial charge in [-0.25, -0.2) is 0 Å². The van der Waals surface area contributed by atoms with Crippen LogP contribution in [-0.4, -0.2) is 19.0 Å². The van der Waals surface area contributed by atoms with E-state index in [9.17, 15) is 0 Å². The van der Waals surface area contributed by atoms with Crippen molar-refractivity contribution in [2.75, 3.05) is 7.11 Å². The quantitative estimate of drug-likeness (QED) is 0.373. The lowest BCUT2D eigenvalue weighted by Crippen LogP contribution is -2.64. The predicted octanol–water partition coefficient (Wildman–Crippen LogP) is 9.21. The molecular formula is C35H54O3. The van der Waals surface area contributed by atoms with Crippen LogP contribution in [0.25, 0.3) is 0 Å². The highest BCUT2D eigenvalue weighted by molar-refractivity contribution is 5.39. The van der Waals surface area contributed by atoms with Gasteiger partial charge >= 0.3 is 0 Å². The van der Waals surface area contributed by atoms with Gasteiger partial charge in [-0.3, -0.25) is 0 Å². The summed E-state index contributed by atoms with van der Waals surface area (Å²) in [6.07, 6.45) is 13.9. The molecule has 2 heterocycles. The molecule has 1 aromatic rings. The van der Waals surface area contributed by atoms with Crippen molar-refractivity contribution in [3.05, 3.63) is 29.8 Å². The summed E-state index contributed by atoms with van der Waals surface area (Å²) < 4.78 is 20.0. The Morgan fingerprint density at radius 2 is 1.66 bits per heavy atom. The molecule has 2 aliphatic heterocycles. The molecule has 0 unspecified atom stereocenters. The van der Waals surface area contributed by atoms with Crippen molar-refractivity contribution >= 4 is 0 Å². The lowest BCUT2D eigenvalue weighted by Gasteiger charge is -2.64. The van der Waals surface area contributed by atoms with E-state index in [0.717, 1.165) is 47.7 Å². The Labute approximate surface area is 232 Å². The minimum absolute atomic E-state index is 0.0273. The van der Waals surface area contributed by atoms with Crippen LogP contribution in [0.3, 0.4) is 0 Å². The van der Waals surface area contributed by atoms with Crippen molar-refractivity contribution < 1.29 is 14.2 Å². The molecule has 6 rings (SSSR count). The number of hydrogen-bond donors (Lipinski definition) is 0. The van der Waals surface area contributed by atoms with E-state index in [2.05, 4.69) is 65.8 Å². The summed E-state index contributed by atoms with van der Waals surface area (Å²) in [6.45, 7) is 14.8. The van der Waals surface area contributed by atoms with Gasteiger partial charge < -0.3 is 14.2 Å². The molecule has 0 spiro atoms. The fraction of sp³-hybridized carbons (Fsp3) is 0.829. The number of rotatable bonds is 6. The van der Waals surface area contributed by atoms with Crippen molar-refractivity contribution in [3.63, 3.8) is 0 Å². The fourth-order valence-corrected chi connectivity index (χ4v) is 11.0. The monoisotopic (exact) mass is 522 g/mol. The van der Waals surface area contributed by atoms with Gasteiger partial charge in [0.2, 0.25) is 5.79 Å². The number of methoxy groups -OCH3 is 1. The van der Waals surface area contributed by atoms with Crippen molar-refractivity contribution in [1.29, 1.82) is 0 Å². The maximum absolute atomic E-state index is 7.08. The summed E-state index contributed by atoms with van der Waals surface area (Å²) in [5.41, 5.74) is 1.92. The van der Waals surface area contributed by atoms with Crippen molar-refractivity contribution in [2.45, 2.75) is 124 Å². The Kier molecular flexibility index (Phi) is 6.99.